The van der Waals surface area contributed by atoms with Gasteiger partial charge in [0.05, 0.1) is 6.42 Å². The lowest BCUT2D eigenvalue weighted by molar-refractivity contribution is -0.137. The molecule has 0 aliphatic rings. The third-order valence-corrected chi connectivity index (χ3v) is 9.35. The molecule has 10 N–H and O–H groups in total. The molecule has 0 aliphatic heterocycles. The normalized spacial score (nSPS) is 11.7. The number of guanidine groups is 1. The van der Waals surface area contributed by atoms with Crippen molar-refractivity contribution in [2.45, 2.75) is 110 Å². The van der Waals surface area contributed by atoms with Gasteiger partial charge in [-0.15, -0.1) is 13.2 Å². The molecule has 310 valence electrons. The maximum Gasteiger partial charge on any atom is 0.245 e. The highest BCUT2D eigenvalue weighted by Crippen LogP contribution is 2.20. The zero-order chi connectivity index (χ0) is 42.4. The Kier molecular flexibility index (Phi) is 40.1. The van der Waals surface area contributed by atoms with Crippen LogP contribution in [0.15, 0.2) is 43.0 Å². The van der Waals surface area contributed by atoms with Gasteiger partial charge in [0.1, 0.15) is 30.5 Å². The van der Waals surface area contributed by atoms with Gasteiger partial charge in [-0.3, -0.25) is 33.8 Å². The average molecular weight is 802 g/mol. The Bertz CT molecular complexity index is 1140. The average Bonchev–Trinajstić information content (AvgIpc) is 3.15. The molecule has 0 saturated carbocycles. The first kappa shape index (κ1) is 56.4. The fourth-order valence-corrected chi connectivity index (χ4v) is 6.02. The summed E-state index contributed by atoms with van der Waals surface area (Å²) in [4.78, 5) is 87.9. The highest BCUT2D eigenvalue weighted by atomic mass is 33.1. The minimum atomic E-state index is -1.55. The van der Waals surface area contributed by atoms with Crippen LogP contribution in [-0.4, -0.2) is 104 Å². The van der Waals surface area contributed by atoms with Crippen molar-refractivity contribution in [2.24, 2.45) is 16.5 Å². The van der Waals surface area contributed by atoms with Gasteiger partial charge in [-0.25, -0.2) is 0 Å². The molecule has 18 heteroatoms. The summed E-state index contributed by atoms with van der Waals surface area (Å²) in [5.41, 5.74) is 9.23. The molecule has 54 heavy (non-hydrogen) atoms. The van der Waals surface area contributed by atoms with Crippen LogP contribution in [0.3, 0.4) is 0 Å². The molecule has 0 aromatic heterocycles. The molecule has 0 spiro atoms. The second-order valence-electron chi connectivity index (χ2n) is 11.6. The lowest BCUT2D eigenvalue weighted by Crippen LogP contribution is -2.62. The first-order valence-corrected chi connectivity index (χ1v) is 20.2. The molecular formula is C36H67N9O7S2. The number of amides is 6. The quantitative estimate of drug-likeness (QED) is 0.0119. The summed E-state index contributed by atoms with van der Waals surface area (Å²) >= 11 is 0. The van der Waals surface area contributed by atoms with Gasteiger partial charge in [-0.2, -0.15) is 0 Å². The van der Waals surface area contributed by atoms with Crippen LogP contribution in [0, 0.1) is 0 Å². The summed E-state index contributed by atoms with van der Waals surface area (Å²) in [5, 5.41) is 15.6. The number of hydrogen-bond acceptors (Lipinski definition) is 10. The smallest absolute Gasteiger partial charge is 0.245 e. The number of allylic oxidation sites excluding steroid dienone is 3. The second kappa shape index (κ2) is 38.4. The zero-order valence-electron chi connectivity index (χ0n) is 33.1. The van der Waals surface area contributed by atoms with Gasteiger partial charge < -0.3 is 48.2 Å². The maximum absolute atomic E-state index is 13.4. The lowest BCUT2D eigenvalue weighted by Gasteiger charge is -2.30. The fourth-order valence-electron chi connectivity index (χ4n) is 3.98. The van der Waals surface area contributed by atoms with Crippen molar-refractivity contribution < 1.29 is 33.6 Å². The van der Waals surface area contributed by atoms with Crippen LogP contribution in [0.25, 0.3) is 0 Å². The van der Waals surface area contributed by atoms with E-state index in [2.05, 4.69) is 63.6 Å². The van der Waals surface area contributed by atoms with Crippen molar-refractivity contribution in [1.82, 2.24) is 31.9 Å². The van der Waals surface area contributed by atoms with Crippen molar-refractivity contribution in [3.63, 3.8) is 0 Å². The highest BCUT2D eigenvalue weighted by molar-refractivity contribution is 8.76. The molecular weight excluding hydrogens is 735 g/mol. The molecule has 0 aromatic rings. The monoisotopic (exact) mass is 801 g/mol. The number of aliphatic imine (C=N–C) groups is 1. The van der Waals surface area contributed by atoms with E-state index in [0.29, 0.717) is 38.0 Å². The van der Waals surface area contributed by atoms with Crippen molar-refractivity contribution >= 4 is 70.3 Å². The maximum atomic E-state index is 13.4. The minimum absolute atomic E-state index is 0.117. The summed E-state index contributed by atoms with van der Waals surface area (Å²) in [6, 6.07) is -3.12. The third kappa shape index (κ3) is 31.2. The number of nitrogens with one attached hydrogen (secondary N) is 6. The van der Waals surface area contributed by atoms with Gasteiger partial charge in [-0.1, -0.05) is 79.5 Å². The van der Waals surface area contributed by atoms with Crippen LogP contribution in [0.1, 0.15) is 86.0 Å². The molecule has 0 bridgehead atoms. The molecule has 16 nitrogen and oxygen atoms in total. The number of nitrogens with two attached hydrogens (primary N) is 2. The van der Waals surface area contributed by atoms with Crippen LogP contribution >= 0.6 is 21.6 Å². The third-order valence-electron chi connectivity index (χ3n) is 6.74. The SMILES string of the molecule is C=C.C=C/C=C\C.C=O.CCCCCC(NC=O)C(=O)NC(CCCN=C(N)N)C(=O)NC(C)(C)C(=O)NC(CC(=O)NC)C(=O)NCCSSCCC. The van der Waals surface area contributed by atoms with Crippen molar-refractivity contribution in [3.05, 3.63) is 38.0 Å². The molecule has 3 atom stereocenters. The zero-order valence-corrected chi connectivity index (χ0v) is 34.8. The highest BCUT2D eigenvalue weighted by Gasteiger charge is 2.36. The van der Waals surface area contributed by atoms with E-state index in [1.54, 1.807) is 27.7 Å². The summed E-state index contributed by atoms with van der Waals surface area (Å²) in [7, 11) is 4.74. The first-order valence-electron chi connectivity index (χ1n) is 17.7. The van der Waals surface area contributed by atoms with Gasteiger partial charge in [0.25, 0.3) is 0 Å². The molecule has 0 aromatic carbocycles. The number of rotatable bonds is 26. The predicted molar refractivity (Wildman–Crippen MR) is 223 cm³/mol. The van der Waals surface area contributed by atoms with E-state index in [-0.39, 0.29) is 25.3 Å². The summed E-state index contributed by atoms with van der Waals surface area (Å²) in [6.07, 6.45) is 10.1. The number of carbonyl (C=O) groups is 7. The van der Waals surface area contributed by atoms with Crippen molar-refractivity contribution in [3.8, 4) is 0 Å². The van der Waals surface area contributed by atoms with Crippen molar-refractivity contribution in [2.75, 3.05) is 31.6 Å². The molecule has 0 fully saturated rings. The van der Waals surface area contributed by atoms with E-state index in [1.165, 1.54) is 20.9 Å². The van der Waals surface area contributed by atoms with E-state index >= 15 is 0 Å². The van der Waals surface area contributed by atoms with E-state index in [9.17, 15) is 28.8 Å². The summed E-state index contributed by atoms with van der Waals surface area (Å²) in [6.45, 7) is 20.9. The fraction of sp³-hybridized carbons (Fsp3) is 0.611. The lowest BCUT2D eigenvalue weighted by atomic mass is 10.0. The van der Waals surface area contributed by atoms with Crippen LogP contribution in [-0.2, 0) is 33.6 Å². The van der Waals surface area contributed by atoms with Crippen LogP contribution in [0.2, 0.25) is 0 Å². The summed E-state index contributed by atoms with van der Waals surface area (Å²) < 4.78 is 0. The van der Waals surface area contributed by atoms with Crippen LogP contribution < -0.4 is 43.4 Å². The predicted octanol–water partition coefficient (Wildman–Crippen LogP) is 2.01. The standard InChI is InChI=1S/C28H53N9O6S2.C5H8.C2H4.CH2O/c1-6-8-9-11-19(34-18-38)24(41)35-20(12-10-13-33-27(29)30)25(42)37-28(3,4)26(43)36-21(17-22(39)31-5)23(40)32-14-16-45-44-15-7-2;1-3-5-4-2;2*1-2/h18-21H,6-17H2,1-5H3,(H,31,39)(H,32,40)(H,34,38)(H,35,41)(H,36,43)(H,37,42)(H4,29,30,33);3-5H,1H2,2H3;1-2H2;1H2/b;5-4-;;. The molecule has 3 unspecified atom stereocenters. The Hall–Kier alpha value is -4.32. The van der Waals surface area contributed by atoms with E-state index in [0.717, 1.165) is 25.0 Å². The van der Waals surface area contributed by atoms with E-state index in [4.69, 9.17) is 16.3 Å². The summed E-state index contributed by atoms with van der Waals surface area (Å²) in [5.74, 6) is -1.38. The molecule has 0 aliphatic carbocycles. The topological polar surface area (TPSA) is 256 Å². The Morgan fingerprint density at radius 2 is 1.46 bits per heavy atom. The Morgan fingerprint density at radius 1 is 0.852 bits per heavy atom. The Morgan fingerprint density at radius 3 is 1.96 bits per heavy atom. The van der Waals surface area contributed by atoms with Crippen LogP contribution in [0.5, 0.6) is 0 Å². The van der Waals surface area contributed by atoms with Crippen molar-refractivity contribution in [1.29, 1.82) is 0 Å². The van der Waals surface area contributed by atoms with E-state index in [1.807, 2.05) is 32.8 Å². The number of carbonyl (C=O) groups excluding carboxylic acids is 7. The van der Waals surface area contributed by atoms with E-state index < -0.39 is 53.2 Å². The van der Waals surface area contributed by atoms with Gasteiger partial charge >= 0.3 is 0 Å². The van der Waals surface area contributed by atoms with Gasteiger partial charge in [-0.05, 0) is 46.5 Å². The Balaban J connectivity index is -0.00000125. The molecule has 0 saturated heterocycles. The second-order valence-corrected chi connectivity index (χ2v) is 14.3. The van der Waals surface area contributed by atoms with Gasteiger partial charge in [0.2, 0.25) is 35.9 Å². The largest absolute Gasteiger partial charge is 0.370 e. The number of hydrogen-bond donors (Lipinski definition) is 8. The molecule has 0 radical (unpaired) electrons. The molecule has 0 rings (SSSR count). The van der Waals surface area contributed by atoms with Gasteiger partial charge in [0, 0.05) is 31.6 Å². The Labute approximate surface area is 330 Å². The van der Waals surface area contributed by atoms with Gasteiger partial charge in [0.15, 0.2) is 5.96 Å². The number of nitrogens with zero attached hydrogens (tertiary/aromatic N) is 1. The minimum Gasteiger partial charge on any atom is -0.370 e. The molecule has 0 heterocycles. The van der Waals surface area contributed by atoms with Crippen LogP contribution in [0.4, 0.5) is 0 Å². The number of unbranched alkanes of at least 4 members (excludes halogenated alkanes) is 2. The first-order chi connectivity index (χ1) is 25.7. The molecule has 6 amide bonds.